The fourth-order valence-corrected chi connectivity index (χ4v) is 7.51. The highest BCUT2D eigenvalue weighted by Gasteiger charge is 2.48. The molecule has 0 saturated heterocycles. The van der Waals surface area contributed by atoms with Crippen molar-refractivity contribution < 1.29 is 9.59 Å². The number of hydrogen-bond acceptors (Lipinski definition) is 3. The molecule has 1 atom stereocenters. The van der Waals surface area contributed by atoms with Crippen molar-refractivity contribution >= 4 is 28.9 Å². The van der Waals surface area contributed by atoms with Crippen molar-refractivity contribution in [1.29, 1.82) is 0 Å². The van der Waals surface area contributed by atoms with Gasteiger partial charge < -0.3 is 4.90 Å². The van der Waals surface area contributed by atoms with E-state index < -0.39 is 17.9 Å². The van der Waals surface area contributed by atoms with Gasteiger partial charge in [-0.15, -0.1) is 0 Å². The molecule has 2 aromatic rings. The third-order valence-electron chi connectivity index (χ3n) is 8.66. The zero-order valence-electron chi connectivity index (χ0n) is 19.2. The van der Waals surface area contributed by atoms with Crippen molar-refractivity contribution in [2.75, 3.05) is 16.3 Å². The van der Waals surface area contributed by atoms with Gasteiger partial charge in [0.1, 0.15) is 0 Å². The Morgan fingerprint density at radius 1 is 0.824 bits per heavy atom. The van der Waals surface area contributed by atoms with Gasteiger partial charge in [0.25, 0.3) is 0 Å². The predicted molar refractivity (Wildman–Crippen MR) is 130 cm³/mol. The molecule has 4 fully saturated rings. The van der Waals surface area contributed by atoms with Gasteiger partial charge in [-0.1, -0.05) is 35.4 Å². The van der Waals surface area contributed by atoms with E-state index in [0.717, 1.165) is 30.1 Å². The minimum atomic E-state index is -1.42. The fourth-order valence-electron chi connectivity index (χ4n) is 7.51. The molecule has 2 aromatic carbocycles. The van der Waals surface area contributed by atoms with Gasteiger partial charge in [0.15, 0.2) is 6.04 Å². The van der Waals surface area contributed by atoms with Gasteiger partial charge >= 0.3 is 0 Å². The first kappa shape index (κ1) is 21.2. The van der Waals surface area contributed by atoms with Crippen molar-refractivity contribution in [2.45, 2.75) is 44.6 Å². The van der Waals surface area contributed by atoms with E-state index in [0.29, 0.717) is 29.5 Å². The highest BCUT2D eigenvalue weighted by atomic mass is 16.2. The molecule has 34 heavy (non-hydrogen) atoms. The second kappa shape index (κ2) is 8.48. The Labute approximate surface area is 199 Å². The Balaban J connectivity index is 1.36. The molecule has 7 heteroatoms. The van der Waals surface area contributed by atoms with Gasteiger partial charge in [-0.25, -0.2) is 0 Å². The summed E-state index contributed by atoms with van der Waals surface area (Å²) in [6, 6.07) is 15.3. The van der Waals surface area contributed by atoms with E-state index in [-0.39, 0.29) is 0 Å². The number of nitrogens with zero attached hydrogens (tertiary/aromatic N) is 5. The van der Waals surface area contributed by atoms with E-state index in [1.165, 1.54) is 37.0 Å². The van der Waals surface area contributed by atoms with Crippen molar-refractivity contribution in [1.82, 2.24) is 0 Å². The summed E-state index contributed by atoms with van der Waals surface area (Å²) in [5.74, 6) is 3.04. The number of hydrogen-bond donors (Lipinski definition) is 0. The molecule has 7 rings (SSSR count). The number of azide groups is 1. The molecular weight excluding hydrogens is 426 g/mol. The highest BCUT2D eigenvalue weighted by Crippen LogP contribution is 2.57. The maximum Gasteiger partial charge on any atom is 0.250 e. The molecular formula is C27H29N5O2. The maximum atomic E-state index is 13.7. The first-order valence-corrected chi connectivity index (χ1v) is 12.5. The monoisotopic (exact) mass is 455 g/mol. The summed E-state index contributed by atoms with van der Waals surface area (Å²) in [6.07, 6.45) is 7.70. The van der Waals surface area contributed by atoms with Crippen molar-refractivity contribution in [3.05, 3.63) is 65.0 Å². The quantitative estimate of drug-likeness (QED) is 0.245. The Morgan fingerprint density at radius 3 is 2.09 bits per heavy atom. The van der Waals surface area contributed by atoms with E-state index in [4.69, 9.17) is 0 Å². The van der Waals surface area contributed by atoms with Gasteiger partial charge in [0, 0.05) is 17.1 Å². The van der Waals surface area contributed by atoms with Crippen LogP contribution in [0.5, 0.6) is 0 Å². The van der Waals surface area contributed by atoms with Crippen molar-refractivity contribution in [3.8, 4) is 0 Å². The van der Waals surface area contributed by atoms with Crippen LogP contribution in [0.3, 0.4) is 0 Å². The van der Waals surface area contributed by atoms with Crippen molar-refractivity contribution in [3.63, 3.8) is 0 Å². The van der Waals surface area contributed by atoms with Crippen LogP contribution < -0.4 is 9.80 Å². The molecule has 7 nitrogen and oxygen atoms in total. The van der Waals surface area contributed by atoms with Crippen LogP contribution >= 0.6 is 0 Å². The van der Waals surface area contributed by atoms with Gasteiger partial charge in [-0.3, -0.25) is 14.5 Å². The first-order valence-electron chi connectivity index (χ1n) is 12.5. The molecule has 4 saturated carbocycles. The van der Waals surface area contributed by atoms with Gasteiger partial charge in [0.2, 0.25) is 11.8 Å². The average molecular weight is 456 g/mol. The molecule has 1 heterocycles. The number of fused-ring (bicyclic) bond motifs is 1. The van der Waals surface area contributed by atoms with Gasteiger partial charge in [-0.2, -0.15) is 0 Å². The van der Waals surface area contributed by atoms with E-state index in [1.54, 1.807) is 4.90 Å². The third-order valence-corrected chi connectivity index (χ3v) is 8.66. The van der Waals surface area contributed by atoms with Crippen LogP contribution in [0.15, 0.2) is 59.7 Å². The standard InChI is InChI=1S/C27H29N5O2/c28-30-29-25-26(33)31(11-10-22-19-13-17-12-18(15-19)16-20(22)14-17)23-8-4-5-9-24(23)32(27(25)34)21-6-2-1-3-7-21/h1-9,17-20,22,25H,10-16H2. The van der Waals surface area contributed by atoms with Crippen LogP contribution in [0, 0.1) is 29.6 Å². The summed E-state index contributed by atoms with van der Waals surface area (Å²) >= 11 is 0. The van der Waals surface area contributed by atoms with Gasteiger partial charge in [0.05, 0.1) is 11.4 Å². The molecule has 0 spiro atoms. The smallest absolute Gasteiger partial charge is 0.250 e. The molecule has 2 amide bonds. The normalized spacial score (nSPS) is 31.8. The molecule has 0 radical (unpaired) electrons. The van der Waals surface area contributed by atoms with Crippen LogP contribution in [-0.2, 0) is 9.59 Å². The first-order chi connectivity index (χ1) is 16.6. The molecule has 0 N–H and O–H groups in total. The summed E-state index contributed by atoms with van der Waals surface area (Å²) < 4.78 is 0. The molecule has 5 aliphatic rings. The minimum absolute atomic E-state index is 0.433. The van der Waals surface area contributed by atoms with Crippen LogP contribution in [-0.4, -0.2) is 24.4 Å². The molecule has 4 bridgehead atoms. The summed E-state index contributed by atoms with van der Waals surface area (Å²) in [4.78, 5) is 33.4. The topological polar surface area (TPSA) is 89.4 Å². The van der Waals surface area contributed by atoms with E-state index in [1.807, 2.05) is 54.6 Å². The lowest BCUT2D eigenvalue weighted by Crippen LogP contribution is -2.47. The second-order valence-electron chi connectivity index (χ2n) is 10.5. The molecule has 4 aliphatic carbocycles. The number of benzene rings is 2. The number of para-hydroxylation sites is 3. The van der Waals surface area contributed by atoms with Gasteiger partial charge in [-0.05, 0) is 97.9 Å². The summed E-state index contributed by atoms with van der Waals surface area (Å²) in [5.41, 5.74) is 11.2. The maximum absolute atomic E-state index is 13.7. The van der Waals surface area contributed by atoms with Crippen molar-refractivity contribution in [2.24, 2.45) is 34.7 Å². The number of anilines is 3. The SMILES string of the molecule is [N-]=[N+]=NC1C(=O)N(CCC2C3CC4CC(C3)CC2C4)c2ccccc2N(c2ccccc2)C1=O. The van der Waals surface area contributed by atoms with E-state index >= 15 is 0 Å². The number of amides is 2. The average Bonchev–Trinajstić information content (AvgIpc) is 2.92. The molecule has 1 unspecified atom stereocenters. The third kappa shape index (κ3) is 3.46. The largest absolute Gasteiger partial charge is 0.310 e. The Bertz CT molecular complexity index is 1130. The summed E-state index contributed by atoms with van der Waals surface area (Å²) in [6.45, 7) is 0.538. The Hall–Kier alpha value is -3.31. The van der Waals surface area contributed by atoms with Crippen LogP contribution in [0.4, 0.5) is 17.1 Å². The number of carbonyl (C=O) groups is 2. The predicted octanol–water partition coefficient (Wildman–Crippen LogP) is 5.84. The van der Waals surface area contributed by atoms with Crippen LogP contribution in [0.25, 0.3) is 10.4 Å². The lowest BCUT2D eigenvalue weighted by molar-refractivity contribution is -0.127. The molecule has 174 valence electrons. The summed E-state index contributed by atoms with van der Waals surface area (Å²) in [7, 11) is 0. The number of carbonyl (C=O) groups excluding carboxylic acids is 2. The number of rotatable bonds is 5. The Kier molecular flexibility index (Phi) is 5.30. The van der Waals surface area contributed by atoms with E-state index in [9.17, 15) is 15.1 Å². The lowest BCUT2D eigenvalue weighted by atomic mass is 9.51. The second-order valence-corrected chi connectivity index (χ2v) is 10.5. The fraction of sp³-hybridized carbons (Fsp3) is 0.481. The molecule has 1 aliphatic heterocycles. The summed E-state index contributed by atoms with van der Waals surface area (Å²) in [5, 5.41) is 3.68. The minimum Gasteiger partial charge on any atom is -0.310 e. The zero-order chi connectivity index (χ0) is 23.2. The lowest BCUT2D eigenvalue weighted by Gasteiger charge is -2.54. The highest BCUT2D eigenvalue weighted by molar-refractivity contribution is 6.22. The van der Waals surface area contributed by atoms with Crippen LogP contribution in [0.2, 0.25) is 0 Å². The molecule has 0 aromatic heterocycles. The van der Waals surface area contributed by atoms with E-state index in [2.05, 4.69) is 10.0 Å². The van der Waals surface area contributed by atoms with Crippen LogP contribution in [0.1, 0.15) is 38.5 Å². The Morgan fingerprint density at radius 2 is 1.44 bits per heavy atom. The zero-order valence-corrected chi connectivity index (χ0v) is 19.2.